The van der Waals surface area contributed by atoms with E-state index in [1.165, 1.54) is 0 Å². The number of hydrogen-bond donors (Lipinski definition) is 2. The van der Waals surface area contributed by atoms with E-state index in [0.29, 0.717) is 22.9 Å². The van der Waals surface area contributed by atoms with Gasteiger partial charge in [0.1, 0.15) is 0 Å². The van der Waals surface area contributed by atoms with Gasteiger partial charge in [-0.3, -0.25) is 4.79 Å². The zero-order valence-electron chi connectivity index (χ0n) is 15.7. The van der Waals surface area contributed by atoms with E-state index in [9.17, 15) is 10.0 Å². The molecule has 0 amide bonds. The van der Waals surface area contributed by atoms with Crippen LogP contribution in [-0.2, 0) is 0 Å². The molecule has 0 aliphatic heterocycles. The van der Waals surface area contributed by atoms with Gasteiger partial charge in [0, 0.05) is 11.1 Å². The van der Waals surface area contributed by atoms with E-state index in [0.717, 1.165) is 21.2 Å². The fraction of sp³-hybridized carbons (Fsp3) is 0.143. The van der Waals surface area contributed by atoms with E-state index in [1.807, 2.05) is 30.3 Å². The molecule has 0 bridgehead atoms. The van der Waals surface area contributed by atoms with Crippen LogP contribution < -0.4 is 15.0 Å². The van der Waals surface area contributed by atoms with E-state index in [4.69, 9.17) is 9.47 Å². The topological polar surface area (TPSA) is 89.4 Å². The second-order valence-corrected chi connectivity index (χ2v) is 6.35. The van der Waals surface area contributed by atoms with Crippen LogP contribution in [-0.4, -0.2) is 34.1 Å². The van der Waals surface area contributed by atoms with Crippen LogP contribution >= 0.6 is 0 Å². The number of H-pyrrole nitrogens is 1. The lowest BCUT2D eigenvalue weighted by atomic mass is 10.1. The normalized spacial score (nSPS) is 11.0. The first-order valence-corrected chi connectivity index (χ1v) is 8.67. The number of imidazole rings is 1. The number of pyridine rings is 1. The number of methoxy groups -OCH3 is 2. The maximum absolute atomic E-state index is 12.6. The Morgan fingerprint density at radius 3 is 2.54 bits per heavy atom. The molecule has 0 unspecified atom stereocenters. The second kappa shape index (κ2) is 6.77. The fourth-order valence-corrected chi connectivity index (χ4v) is 3.24. The number of hydrogen-bond acceptors (Lipinski definition) is 5. The zero-order valence-corrected chi connectivity index (χ0v) is 15.7. The number of ether oxygens (including phenoxy) is 2. The predicted octanol–water partition coefficient (Wildman–Crippen LogP) is 3.62. The molecule has 0 radical (unpaired) electrons. The summed E-state index contributed by atoms with van der Waals surface area (Å²) >= 11 is 0. The van der Waals surface area contributed by atoms with Gasteiger partial charge in [-0.15, -0.1) is 0 Å². The molecule has 7 nitrogen and oxygen atoms in total. The molecule has 4 aromatic rings. The lowest BCUT2D eigenvalue weighted by Crippen LogP contribution is -2.11. The van der Waals surface area contributed by atoms with Crippen molar-refractivity contribution >= 4 is 10.9 Å². The van der Waals surface area contributed by atoms with Gasteiger partial charge in [-0.25, -0.2) is 4.98 Å². The summed E-state index contributed by atoms with van der Waals surface area (Å²) in [4.78, 5) is 19.9. The number of aromatic amines is 1. The van der Waals surface area contributed by atoms with Gasteiger partial charge in [-0.2, -0.15) is 4.73 Å². The number of nitrogens with one attached hydrogen (secondary N) is 1. The van der Waals surface area contributed by atoms with Crippen molar-refractivity contribution in [1.29, 1.82) is 0 Å². The molecule has 0 atom stereocenters. The summed E-state index contributed by atoms with van der Waals surface area (Å²) < 4.78 is 11.6. The van der Waals surface area contributed by atoms with Gasteiger partial charge in [0.05, 0.1) is 31.2 Å². The van der Waals surface area contributed by atoms with Crippen LogP contribution in [0.5, 0.6) is 11.5 Å². The van der Waals surface area contributed by atoms with E-state index < -0.39 is 0 Å². The highest BCUT2D eigenvalue weighted by Crippen LogP contribution is 2.34. The van der Waals surface area contributed by atoms with Gasteiger partial charge in [0.2, 0.25) is 0 Å². The van der Waals surface area contributed by atoms with E-state index >= 15 is 0 Å². The van der Waals surface area contributed by atoms with Crippen molar-refractivity contribution < 1.29 is 14.7 Å². The molecule has 28 heavy (non-hydrogen) atoms. The lowest BCUT2D eigenvalue weighted by molar-refractivity contribution is 0.184. The molecule has 0 saturated heterocycles. The van der Waals surface area contributed by atoms with E-state index in [1.54, 1.807) is 39.3 Å². The number of aromatic nitrogens is 3. The summed E-state index contributed by atoms with van der Waals surface area (Å²) in [5.74, 6) is 1.32. The molecular formula is C21H19N3O4. The minimum Gasteiger partial charge on any atom is -0.493 e. The molecule has 2 heterocycles. The molecule has 142 valence electrons. The fourth-order valence-electron chi connectivity index (χ4n) is 3.24. The second-order valence-electron chi connectivity index (χ2n) is 6.35. The minimum atomic E-state index is -0.321. The van der Waals surface area contributed by atoms with Crippen LogP contribution in [0, 0.1) is 6.92 Å². The Balaban J connectivity index is 1.89. The Kier molecular flexibility index (Phi) is 4.27. The average Bonchev–Trinajstić information content (AvgIpc) is 3.01. The summed E-state index contributed by atoms with van der Waals surface area (Å²) in [6.07, 6.45) is 0. The highest BCUT2D eigenvalue weighted by atomic mass is 16.5. The number of benzene rings is 2. The predicted molar refractivity (Wildman–Crippen MR) is 106 cm³/mol. The highest BCUT2D eigenvalue weighted by Gasteiger charge is 2.20. The van der Waals surface area contributed by atoms with Crippen molar-refractivity contribution in [2.45, 2.75) is 6.92 Å². The van der Waals surface area contributed by atoms with Crippen LogP contribution in [0.4, 0.5) is 0 Å². The molecule has 2 aromatic carbocycles. The standard InChI is InChI=1S/C21H19N3O4/c1-12-19(14-8-9-17(27-2)18(11-14)28-3)23-20(24(12)26)15-10-13-6-4-5-7-16(13)22-21(15)25/h4-11,26H,1-3H3,(H,22,25). The highest BCUT2D eigenvalue weighted by molar-refractivity contribution is 5.82. The molecule has 7 heteroatoms. The molecule has 2 aromatic heterocycles. The number of para-hydroxylation sites is 1. The van der Waals surface area contributed by atoms with Crippen molar-refractivity contribution in [3.63, 3.8) is 0 Å². The number of nitrogens with zero attached hydrogens (tertiary/aromatic N) is 2. The average molecular weight is 377 g/mol. The van der Waals surface area contributed by atoms with Crippen molar-refractivity contribution in [2.75, 3.05) is 14.2 Å². The Bertz CT molecular complexity index is 1240. The molecule has 2 N–H and O–H groups in total. The van der Waals surface area contributed by atoms with Crippen LogP contribution in [0.15, 0.2) is 53.3 Å². The van der Waals surface area contributed by atoms with Crippen LogP contribution in [0.25, 0.3) is 33.5 Å². The Hall–Kier alpha value is -3.74. The first kappa shape index (κ1) is 17.7. The van der Waals surface area contributed by atoms with E-state index in [-0.39, 0.29) is 16.9 Å². The van der Waals surface area contributed by atoms with Crippen LogP contribution in [0.1, 0.15) is 5.69 Å². The van der Waals surface area contributed by atoms with Gasteiger partial charge >= 0.3 is 0 Å². The monoisotopic (exact) mass is 377 g/mol. The van der Waals surface area contributed by atoms with Gasteiger partial charge in [-0.05, 0) is 42.6 Å². The Labute approximate surface area is 160 Å². The third-order valence-corrected chi connectivity index (χ3v) is 4.73. The van der Waals surface area contributed by atoms with Crippen LogP contribution in [0.2, 0.25) is 0 Å². The quantitative estimate of drug-likeness (QED) is 0.530. The van der Waals surface area contributed by atoms with Crippen molar-refractivity contribution in [3.05, 3.63) is 64.6 Å². The molecule has 0 spiro atoms. The smallest absolute Gasteiger partial charge is 0.259 e. The maximum atomic E-state index is 12.6. The van der Waals surface area contributed by atoms with Crippen molar-refractivity contribution in [2.24, 2.45) is 0 Å². The van der Waals surface area contributed by atoms with Gasteiger partial charge < -0.3 is 19.7 Å². The van der Waals surface area contributed by atoms with E-state index in [2.05, 4.69) is 9.97 Å². The summed E-state index contributed by atoms with van der Waals surface area (Å²) in [7, 11) is 3.12. The molecular weight excluding hydrogens is 358 g/mol. The molecule has 0 aliphatic carbocycles. The summed E-state index contributed by atoms with van der Waals surface area (Å²) in [6.45, 7) is 1.73. The van der Waals surface area contributed by atoms with Crippen molar-refractivity contribution in [1.82, 2.24) is 14.7 Å². The maximum Gasteiger partial charge on any atom is 0.259 e. The van der Waals surface area contributed by atoms with Gasteiger partial charge in [-0.1, -0.05) is 18.2 Å². The molecule has 4 rings (SSSR count). The third-order valence-electron chi connectivity index (χ3n) is 4.73. The minimum absolute atomic E-state index is 0.175. The number of rotatable bonds is 4. The molecule has 0 saturated carbocycles. The first-order valence-electron chi connectivity index (χ1n) is 8.67. The van der Waals surface area contributed by atoms with Crippen LogP contribution in [0.3, 0.4) is 0 Å². The molecule has 0 fully saturated rings. The summed E-state index contributed by atoms with van der Waals surface area (Å²) in [5.41, 5.74) is 2.49. The lowest BCUT2D eigenvalue weighted by Gasteiger charge is -2.08. The van der Waals surface area contributed by atoms with Gasteiger partial charge in [0.25, 0.3) is 5.56 Å². The summed E-state index contributed by atoms with van der Waals surface area (Å²) in [6, 6.07) is 14.6. The Morgan fingerprint density at radius 1 is 1.04 bits per heavy atom. The first-order chi connectivity index (χ1) is 13.5. The third kappa shape index (κ3) is 2.77. The Morgan fingerprint density at radius 2 is 1.79 bits per heavy atom. The molecule has 0 aliphatic rings. The largest absolute Gasteiger partial charge is 0.493 e. The SMILES string of the molecule is COc1ccc(-c2nc(-c3cc4ccccc4[nH]c3=O)n(O)c2C)cc1OC. The summed E-state index contributed by atoms with van der Waals surface area (Å²) in [5, 5.41) is 11.5. The number of fused-ring (bicyclic) bond motifs is 1. The van der Waals surface area contributed by atoms with Gasteiger partial charge in [0.15, 0.2) is 17.3 Å². The zero-order chi connectivity index (χ0) is 19.8. The van der Waals surface area contributed by atoms with Crippen molar-refractivity contribution in [3.8, 4) is 34.1 Å².